The summed E-state index contributed by atoms with van der Waals surface area (Å²) in [6.07, 6.45) is 4.15. The van der Waals surface area contributed by atoms with Gasteiger partial charge in [0.15, 0.2) is 0 Å². The lowest BCUT2D eigenvalue weighted by Gasteiger charge is -2.30. The summed E-state index contributed by atoms with van der Waals surface area (Å²) in [6, 6.07) is -0.564. The lowest BCUT2D eigenvalue weighted by atomic mass is 9.82. The fraction of sp³-hybridized carbons (Fsp3) is 0.727. The lowest BCUT2D eigenvalue weighted by Crippen LogP contribution is -2.51. The maximum absolute atomic E-state index is 12.2. The molecule has 18 heavy (non-hydrogen) atoms. The number of imide groups is 1. The first-order valence-electron chi connectivity index (χ1n) is 6.04. The molecular weight excluding hydrogens is 238 g/mol. The minimum Gasteiger partial charge on any atom is -0.375 e. The van der Waals surface area contributed by atoms with Crippen molar-refractivity contribution in [3.63, 3.8) is 0 Å². The van der Waals surface area contributed by atoms with Crippen molar-refractivity contribution in [1.29, 1.82) is 0 Å². The summed E-state index contributed by atoms with van der Waals surface area (Å²) in [5.74, 6) is -0.884. The maximum atomic E-state index is 12.2. The molecule has 2 aliphatic rings. The highest BCUT2D eigenvalue weighted by atomic mass is 16.5. The van der Waals surface area contributed by atoms with Gasteiger partial charge in [-0.25, -0.2) is 4.79 Å². The van der Waals surface area contributed by atoms with Crippen LogP contribution in [0.25, 0.3) is 0 Å². The van der Waals surface area contributed by atoms with Gasteiger partial charge in [-0.15, -0.1) is 0 Å². The van der Waals surface area contributed by atoms with Gasteiger partial charge in [0.25, 0.3) is 11.8 Å². The summed E-state index contributed by atoms with van der Waals surface area (Å²) in [5.41, 5.74) is 1.45. The van der Waals surface area contributed by atoms with Crippen LogP contribution < -0.4 is 10.7 Å². The van der Waals surface area contributed by atoms with Crippen molar-refractivity contribution in [3.05, 3.63) is 0 Å². The summed E-state index contributed by atoms with van der Waals surface area (Å²) in [7, 11) is 1.37. The van der Waals surface area contributed by atoms with Gasteiger partial charge >= 0.3 is 6.03 Å². The molecule has 2 rings (SSSR count). The van der Waals surface area contributed by atoms with Crippen molar-refractivity contribution in [2.75, 3.05) is 13.7 Å². The summed E-state index contributed by atoms with van der Waals surface area (Å²) in [4.78, 5) is 35.3. The van der Waals surface area contributed by atoms with Gasteiger partial charge in [0.05, 0.1) is 0 Å². The van der Waals surface area contributed by atoms with Gasteiger partial charge in [-0.2, -0.15) is 5.01 Å². The van der Waals surface area contributed by atoms with Crippen LogP contribution in [0.4, 0.5) is 4.79 Å². The molecule has 1 aliphatic heterocycles. The van der Waals surface area contributed by atoms with Gasteiger partial charge < -0.3 is 10.1 Å². The Morgan fingerprint density at radius 3 is 2.67 bits per heavy atom. The molecule has 1 saturated heterocycles. The SMILES string of the molecule is COCC(=O)NN1C(=O)NC2(CCCCC2)C1=O. The van der Waals surface area contributed by atoms with Crippen LogP contribution in [0.3, 0.4) is 0 Å². The van der Waals surface area contributed by atoms with Gasteiger partial charge in [0.1, 0.15) is 12.1 Å². The molecule has 1 heterocycles. The molecule has 0 atom stereocenters. The molecular formula is C11H17N3O4. The normalized spacial score (nSPS) is 22.2. The molecule has 0 unspecified atom stereocenters. The first-order chi connectivity index (χ1) is 8.59. The number of hydrogen-bond donors (Lipinski definition) is 2. The van der Waals surface area contributed by atoms with Crippen molar-refractivity contribution in [2.24, 2.45) is 0 Å². The zero-order valence-corrected chi connectivity index (χ0v) is 10.3. The molecule has 0 aromatic heterocycles. The van der Waals surface area contributed by atoms with Crippen LogP contribution in [0.2, 0.25) is 0 Å². The first-order valence-corrected chi connectivity index (χ1v) is 6.04. The molecule has 7 heteroatoms. The van der Waals surface area contributed by atoms with Crippen molar-refractivity contribution in [3.8, 4) is 0 Å². The summed E-state index contributed by atoms with van der Waals surface area (Å²) >= 11 is 0. The summed E-state index contributed by atoms with van der Waals surface area (Å²) < 4.78 is 4.64. The molecule has 1 aliphatic carbocycles. The Morgan fingerprint density at radius 1 is 1.39 bits per heavy atom. The summed E-state index contributed by atoms with van der Waals surface area (Å²) in [5, 5.41) is 3.47. The van der Waals surface area contributed by atoms with Crippen LogP contribution >= 0.6 is 0 Å². The Kier molecular flexibility index (Phi) is 3.51. The van der Waals surface area contributed by atoms with E-state index in [1.807, 2.05) is 0 Å². The van der Waals surface area contributed by atoms with Crippen LogP contribution in [0.15, 0.2) is 0 Å². The smallest absolute Gasteiger partial charge is 0.344 e. The third-order valence-electron chi connectivity index (χ3n) is 3.38. The number of urea groups is 1. The standard InChI is InChI=1S/C11H17N3O4/c1-18-7-8(15)13-14-9(16)11(12-10(14)17)5-3-2-4-6-11/h2-7H2,1H3,(H,12,17)(H,13,15). The Labute approximate surface area is 105 Å². The van der Waals surface area contributed by atoms with Gasteiger partial charge in [0, 0.05) is 7.11 Å². The van der Waals surface area contributed by atoms with E-state index >= 15 is 0 Å². The molecule has 1 spiro atoms. The molecule has 0 bridgehead atoms. The molecule has 100 valence electrons. The van der Waals surface area contributed by atoms with Crippen LogP contribution in [0, 0.1) is 0 Å². The number of hydrogen-bond acceptors (Lipinski definition) is 4. The van der Waals surface area contributed by atoms with E-state index in [0.29, 0.717) is 12.8 Å². The fourth-order valence-electron chi connectivity index (χ4n) is 2.50. The second-order valence-electron chi connectivity index (χ2n) is 4.68. The van der Waals surface area contributed by atoms with Crippen LogP contribution in [-0.2, 0) is 14.3 Å². The maximum Gasteiger partial charge on any atom is 0.344 e. The Hall–Kier alpha value is -1.63. The first kappa shape index (κ1) is 12.8. The molecule has 2 fully saturated rings. The minimum absolute atomic E-state index is 0.190. The predicted molar refractivity (Wildman–Crippen MR) is 61.2 cm³/mol. The average molecular weight is 255 g/mol. The zero-order chi connectivity index (χ0) is 13.2. The third-order valence-corrected chi connectivity index (χ3v) is 3.38. The van der Waals surface area contributed by atoms with Crippen molar-refractivity contribution in [1.82, 2.24) is 15.8 Å². The molecule has 0 aromatic carbocycles. The van der Waals surface area contributed by atoms with E-state index in [2.05, 4.69) is 15.5 Å². The predicted octanol–water partition coefficient (Wildman–Crippen LogP) is -0.0813. The Balaban J connectivity index is 2.07. The van der Waals surface area contributed by atoms with Crippen LogP contribution in [-0.4, -0.2) is 42.1 Å². The zero-order valence-electron chi connectivity index (χ0n) is 10.3. The van der Waals surface area contributed by atoms with Gasteiger partial charge in [-0.05, 0) is 12.8 Å². The number of hydrazine groups is 1. The van der Waals surface area contributed by atoms with E-state index < -0.39 is 17.5 Å². The van der Waals surface area contributed by atoms with Crippen LogP contribution in [0.1, 0.15) is 32.1 Å². The number of nitrogens with zero attached hydrogens (tertiary/aromatic N) is 1. The highest BCUT2D eigenvalue weighted by Gasteiger charge is 2.52. The monoisotopic (exact) mass is 255 g/mol. The van der Waals surface area contributed by atoms with Crippen molar-refractivity contribution in [2.45, 2.75) is 37.6 Å². The number of amides is 4. The van der Waals surface area contributed by atoms with E-state index in [0.717, 1.165) is 24.3 Å². The number of carbonyl (C=O) groups excluding carboxylic acids is 3. The average Bonchev–Trinajstić information content (AvgIpc) is 2.55. The molecule has 4 amide bonds. The lowest BCUT2D eigenvalue weighted by molar-refractivity contribution is -0.141. The van der Waals surface area contributed by atoms with Crippen LogP contribution in [0.5, 0.6) is 0 Å². The van der Waals surface area contributed by atoms with Gasteiger partial charge in [0.2, 0.25) is 0 Å². The molecule has 7 nitrogen and oxygen atoms in total. The topological polar surface area (TPSA) is 87.7 Å². The largest absolute Gasteiger partial charge is 0.375 e. The molecule has 0 aromatic rings. The minimum atomic E-state index is -0.810. The summed E-state index contributed by atoms with van der Waals surface area (Å²) in [6.45, 7) is -0.190. The second kappa shape index (κ2) is 4.93. The number of rotatable bonds is 3. The number of methoxy groups -OCH3 is 1. The quantitative estimate of drug-likeness (QED) is 0.690. The van der Waals surface area contributed by atoms with Crippen molar-refractivity contribution >= 4 is 17.8 Å². The van der Waals surface area contributed by atoms with E-state index in [-0.39, 0.29) is 12.5 Å². The molecule has 1 saturated carbocycles. The fourth-order valence-corrected chi connectivity index (χ4v) is 2.50. The highest BCUT2D eigenvalue weighted by molar-refractivity contribution is 6.08. The number of ether oxygens (including phenoxy) is 1. The Morgan fingerprint density at radius 2 is 2.06 bits per heavy atom. The van der Waals surface area contributed by atoms with Crippen molar-refractivity contribution < 1.29 is 19.1 Å². The highest BCUT2D eigenvalue weighted by Crippen LogP contribution is 2.32. The molecule has 0 radical (unpaired) electrons. The van der Waals surface area contributed by atoms with E-state index in [9.17, 15) is 14.4 Å². The van der Waals surface area contributed by atoms with E-state index in [4.69, 9.17) is 0 Å². The van der Waals surface area contributed by atoms with E-state index in [1.54, 1.807) is 0 Å². The van der Waals surface area contributed by atoms with Gasteiger partial charge in [-0.3, -0.25) is 15.0 Å². The van der Waals surface area contributed by atoms with E-state index in [1.165, 1.54) is 7.11 Å². The second-order valence-corrected chi connectivity index (χ2v) is 4.68. The Bertz CT molecular complexity index is 376. The van der Waals surface area contributed by atoms with Gasteiger partial charge in [-0.1, -0.05) is 19.3 Å². The third kappa shape index (κ3) is 2.17. The number of nitrogens with one attached hydrogen (secondary N) is 2. The molecule has 2 N–H and O–H groups in total. The number of carbonyl (C=O) groups is 3.